The number of aromatic amines is 1. The molecule has 0 amide bonds. The van der Waals surface area contributed by atoms with E-state index in [0.717, 1.165) is 12.3 Å². The molecule has 120 valence electrons. The number of hydrogen-bond donors (Lipinski definition) is 3. The van der Waals surface area contributed by atoms with Crippen molar-refractivity contribution in [1.82, 2.24) is 9.88 Å². The normalized spacial score (nSPS) is 10.5. The Morgan fingerprint density at radius 2 is 2.05 bits per heavy atom. The number of halogens is 1. The van der Waals surface area contributed by atoms with Crippen molar-refractivity contribution in [2.24, 2.45) is 0 Å². The van der Waals surface area contributed by atoms with Crippen molar-refractivity contribution in [3.05, 3.63) is 39.9 Å². The molecule has 0 fully saturated rings. The average molecular weight is 323 g/mol. The summed E-state index contributed by atoms with van der Waals surface area (Å²) in [6, 6.07) is 3.87. The molecule has 2 aromatic rings. The molecule has 1 heterocycles. The number of nitrogens with one attached hydrogen (secondary N) is 2. The van der Waals surface area contributed by atoms with E-state index in [2.05, 4.69) is 43.5 Å². The van der Waals surface area contributed by atoms with Gasteiger partial charge in [0.25, 0.3) is 5.56 Å². The summed E-state index contributed by atoms with van der Waals surface area (Å²) in [5.41, 5.74) is 0.0769. The zero-order chi connectivity index (χ0) is 16.7. The van der Waals surface area contributed by atoms with Crippen LogP contribution in [0.15, 0.2) is 28.0 Å². The summed E-state index contributed by atoms with van der Waals surface area (Å²) in [5.74, 6) is -0.476. The summed E-state index contributed by atoms with van der Waals surface area (Å²) in [6.45, 7) is 3.44. The summed E-state index contributed by atoms with van der Waals surface area (Å²) < 4.78 is 12.9. The molecule has 0 spiro atoms. The zero-order valence-electron chi connectivity index (χ0n) is 13.1. The minimum absolute atomic E-state index is 0.228. The van der Waals surface area contributed by atoms with E-state index >= 15 is 0 Å². The van der Waals surface area contributed by atoms with Crippen molar-refractivity contribution < 1.29 is 4.39 Å². The van der Waals surface area contributed by atoms with Gasteiger partial charge in [-0.3, -0.25) is 4.79 Å². The molecule has 2 N–H and O–H groups in total. The van der Waals surface area contributed by atoms with E-state index in [1.807, 2.05) is 0 Å². The number of benzene rings is 1. The van der Waals surface area contributed by atoms with Gasteiger partial charge >= 0.3 is 0 Å². The number of hydrogen-bond acceptors (Lipinski definition) is 4. The lowest BCUT2D eigenvalue weighted by Gasteiger charge is -2.05. The first-order valence-electron chi connectivity index (χ1n) is 7.10. The van der Waals surface area contributed by atoms with Gasteiger partial charge in [0.1, 0.15) is 5.82 Å². The molecule has 0 saturated heterocycles. The van der Waals surface area contributed by atoms with Crippen LogP contribution in [0.3, 0.4) is 0 Å². The van der Waals surface area contributed by atoms with E-state index in [1.54, 1.807) is 0 Å². The standard InChI is InChI=1S/C10H7FN2OS.C6H15N/c11-5-1-2-6-7(3-5)9(14)13-10(15)8(6)4-12;1-4-5-6-7(2)3/h1-4,12H,(H2,13,14,15);4-6H2,1-3H3. The Labute approximate surface area is 135 Å². The van der Waals surface area contributed by atoms with E-state index in [9.17, 15) is 9.18 Å². The van der Waals surface area contributed by atoms with Crippen LogP contribution in [0.2, 0.25) is 0 Å². The number of pyridine rings is 1. The third kappa shape index (κ3) is 4.96. The van der Waals surface area contributed by atoms with E-state index < -0.39 is 11.4 Å². The number of unbranched alkanes of at least 4 members (excludes halogenated alkanes) is 1. The van der Waals surface area contributed by atoms with Crippen molar-refractivity contribution in [2.45, 2.75) is 24.8 Å². The van der Waals surface area contributed by atoms with Gasteiger partial charge in [0, 0.05) is 11.8 Å². The van der Waals surface area contributed by atoms with E-state index in [1.165, 1.54) is 31.5 Å². The second kappa shape index (κ2) is 8.70. The largest absolute Gasteiger partial charge is 0.316 e. The smallest absolute Gasteiger partial charge is 0.256 e. The van der Waals surface area contributed by atoms with Crippen molar-refractivity contribution in [1.29, 1.82) is 5.41 Å². The molecular weight excluding hydrogens is 301 g/mol. The summed E-state index contributed by atoms with van der Waals surface area (Å²) in [4.78, 5) is 16.1. The van der Waals surface area contributed by atoms with E-state index in [0.29, 0.717) is 16.0 Å². The Hall–Kier alpha value is -1.66. The molecule has 2 rings (SSSR count). The van der Waals surface area contributed by atoms with Gasteiger partial charge in [0.2, 0.25) is 0 Å². The number of rotatable bonds is 4. The van der Waals surface area contributed by atoms with Crippen LogP contribution in [0.25, 0.3) is 10.8 Å². The third-order valence-electron chi connectivity index (χ3n) is 3.11. The topological polar surface area (TPSA) is 60.0 Å². The molecule has 0 aliphatic heterocycles. The Bertz CT molecular complexity index is 698. The van der Waals surface area contributed by atoms with E-state index in [-0.39, 0.29) is 5.39 Å². The Morgan fingerprint density at radius 3 is 2.55 bits per heavy atom. The molecule has 22 heavy (non-hydrogen) atoms. The maximum atomic E-state index is 12.9. The molecule has 0 unspecified atom stereocenters. The fraction of sp³-hybridized carbons (Fsp3) is 0.375. The maximum absolute atomic E-state index is 12.9. The molecule has 0 atom stereocenters. The summed E-state index contributed by atoms with van der Waals surface area (Å²) in [7, 11) is 4.21. The monoisotopic (exact) mass is 323 g/mol. The Balaban J connectivity index is 0.000000295. The molecular formula is C16H22FN3OS. The quantitative estimate of drug-likeness (QED) is 0.597. The summed E-state index contributed by atoms with van der Waals surface area (Å²) in [5, 5.41) is 8.27. The Kier molecular flexibility index (Phi) is 7.27. The van der Waals surface area contributed by atoms with Gasteiger partial charge in [0.15, 0.2) is 0 Å². The fourth-order valence-corrected chi connectivity index (χ4v) is 2.22. The fourth-order valence-electron chi connectivity index (χ4n) is 1.93. The molecule has 6 heteroatoms. The first kappa shape index (κ1) is 18.4. The number of fused-ring (bicyclic) bond motifs is 1. The first-order valence-corrected chi connectivity index (χ1v) is 7.55. The molecule has 1 aromatic heterocycles. The van der Waals surface area contributed by atoms with Crippen molar-refractivity contribution in [3.63, 3.8) is 0 Å². The lowest BCUT2D eigenvalue weighted by molar-refractivity contribution is 0.398. The number of thiol groups is 1. The van der Waals surface area contributed by atoms with Gasteiger partial charge < -0.3 is 15.3 Å². The number of H-pyrrole nitrogens is 1. The highest BCUT2D eigenvalue weighted by Crippen LogP contribution is 2.19. The molecule has 1 aromatic carbocycles. The second-order valence-corrected chi connectivity index (χ2v) is 5.65. The highest BCUT2D eigenvalue weighted by atomic mass is 32.1. The van der Waals surface area contributed by atoms with Crippen LogP contribution in [0.4, 0.5) is 4.39 Å². The van der Waals surface area contributed by atoms with Gasteiger partial charge in [-0.15, -0.1) is 12.6 Å². The molecule has 0 aliphatic carbocycles. The van der Waals surface area contributed by atoms with Gasteiger partial charge in [-0.1, -0.05) is 19.4 Å². The average Bonchev–Trinajstić information content (AvgIpc) is 2.47. The van der Waals surface area contributed by atoms with Crippen molar-refractivity contribution >= 4 is 29.6 Å². The van der Waals surface area contributed by atoms with Gasteiger partial charge in [-0.25, -0.2) is 4.39 Å². The lowest BCUT2D eigenvalue weighted by atomic mass is 10.1. The molecule has 0 aliphatic rings. The lowest BCUT2D eigenvalue weighted by Crippen LogP contribution is -2.12. The predicted octanol–water partition coefficient (Wildman–Crippen LogP) is 3.30. The van der Waals surface area contributed by atoms with Crippen LogP contribution >= 0.6 is 12.6 Å². The molecule has 4 nitrogen and oxygen atoms in total. The van der Waals surface area contributed by atoms with Crippen molar-refractivity contribution in [2.75, 3.05) is 20.6 Å². The minimum atomic E-state index is -0.476. The van der Waals surface area contributed by atoms with Crippen LogP contribution in [-0.4, -0.2) is 36.7 Å². The number of aromatic nitrogens is 1. The van der Waals surface area contributed by atoms with Gasteiger partial charge in [-0.05, 0) is 44.6 Å². The highest BCUT2D eigenvalue weighted by Gasteiger charge is 2.07. The second-order valence-electron chi connectivity index (χ2n) is 5.21. The van der Waals surface area contributed by atoms with Crippen LogP contribution < -0.4 is 5.56 Å². The first-order chi connectivity index (χ1) is 10.4. The molecule has 0 radical (unpaired) electrons. The van der Waals surface area contributed by atoms with Crippen molar-refractivity contribution in [3.8, 4) is 0 Å². The predicted molar refractivity (Wildman–Crippen MR) is 93.1 cm³/mol. The minimum Gasteiger partial charge on any atom is -0.316 e. The van der Waals surface area contributed by atoms with E-state index in [4.69, 9.17) is 5.41 Å². The number of nitrogens with zero attached hydrogens (tertiary/aromatic N) is 1. The van der Waals surface area contributed by atoms with Crippen LogP contribution in [-0.2, 0) is 0 Å². The van der Waals surface area contributed by atoms with Crippen LogP contribution in [0.5, 0.6) is 0 Å². The summed E-state index contributed by atoms with van der Waals surface area (Å²) in [6.07, 6.45) is 3.71. The highest BCUT2D eigenvalue weighted by molar-refractivity contribution is 7.80. The third-order valence-corrected chi connectivity index (χ3v) is 3.46. The zero-order valence-corrected chi connectivity index (χ0v) is 14.0. The maximum Gasteiger partial charge on any atom is 0.256 e. The summed E-state index contributed by atoms with van der Waals surface area (Å²) >= 11 is 4.05. The molecule has 0 bridgehead atoms. The SMILES string of the molecule is CCCCN(C)C.N=Cc1c(S)[nH]c(=O)c2cc(F)ccc12. The molecule has 0 saturated carbocycles. The van der Waals surface area contributed by atoms with Crippen LogP contribution in [0, 0.1) is 11.2 Å². The van der Waals surface area contributed by atoms with Gasteiger partial charge in [-0.2, -0.15) is 0 Å². The Morgan fingerprint density at radius 1 is 1.36 bits per heavy atom. The van der Waals surface area contributed by atoms with Gasteiger partial charge in [0.05, 0.1) is 10.4 Å². The van der Waals surface area contributed by atoms with Crippen LogP contribution in [0.1, 0.15) is 25.3 Å².